The van der Waals surface area contributed by atoms with Crippen molar-refractivity contribution in [1.82, 2.24) is 5.32 Å². The molecule has 0 atom stereocenters. The van der Waals surface area contributed by atoms with Crippen molar-refractivity contribution < 1.29 is 13.6 Å². The fourth-order valence-corrected chi connectivity index (χ4v) is 1.78. The van der Waals surface area contributed by atoms with Crippen LogP contribution in [0.2, 0.25) is 0 Å². The van der Waals surface area contributed by atoms with Gasteiger partial charge in [0.05, 0.1) is 5.56 Å². The molecule has 2 rings (SSSR count). The molecule has 1 heterocycles. The number of benzene rings is 1. The van der Waals surface area contributed by atoms with Crippen LogP contribution >= 0.6 is 0 Å². The zero-order valence-electron chi connectivity index (χ0n) is 10.3. The van der Waals surface area contributed by atoms with Crippen LogP contribution in [0.4, 0.5) is 4.39 Å². The van der Waals surface area contributed by atoms with Crippen LogP contribution in [0, 0.1) is 19.7 Å². The highest BCUT2D eigenvalue weighted by Gasteiger charge is 2.11. The summed E-state index contributed by atoms with van der Waals surface area (Å²) in [6, 6.07) is 7.76. The Balaban J connectivity index is 2.05. The topological polar surface area (TPSA) is 42.2 Å². The molecule has 1 aromatic heterocycles. The van der Waals surface area contributed by atoms with Crippen molar-refractivity contribution in [2.75, 3.05) is 0 Å². The Morgan fingerprint density at radius 3 is 2.67 bits per heavy atom. The Morgan fingerprint density at radius 1 is 1.33 bits per heavy atom. The number of furan rings is 1. The quantitative estimate of drug-likeness (QED) is 0.906. The Labute approximate surface area is 105 Å². The SMILES string of the molecule is Cc1cc(CNC(=O)c2ccccc2F)c(C)o1. The number of nitrogens with one attached hydrogen (secondary N) is 1. The van der Waals surface area contributed by atoms with Gasteiger partial charge in [-0.25, -0.2) is 4.39 Å². The number of halogens is 1. The second-order valence-electron chi connectivity index (χ2n) is 4.10. The predicted molar refractivity (Wildman–Crippen MR) is 65.8 cm³/mol. The molecule has 2 aromatic rings. The van der Waals surface area contributed by atoms with Crippen LogP contribution in [0.15, 0.2) is 34.7 Å². The first-order valence-electron chi connectivity index (χ1n) is 5.66. The van der Waals surface area contributed by atoms with Crippen molar-refractivity contribution in [2.24, 2.45) is 0 Å². The van der Waals surface area contributed by atoms with Crippen molar-refractivity contribution in [2.45, 2.75) is 20.4 Å². The maximum atomic E-state index is 13.4. The summed E-state index contributed by atoms with van der Waals surface area (Å²) in [5, 5.41) is 2.67. The summed E-state index contributed by atoms with van der Waals surface area (Å²) in [5.41, 5.74) is 0.951. The molecule has 0 radical (unpaired) electrons. The summed E-state index contributed by atoms with van der Waals surface area (Å²) in [6.45, 7) is 4.00. The number of aryl methyl sites for hydroxylation is 2. The van der Waals surface area contributed by atoms with E-state index in [0.717, 1.165) is 17.1 Å². The number of hydrogen-bond donors (Lipinski definition) is 1. The van der Waals surface area contributed by atoms with Crippen LogP contribution in [0.1, 0.15) is 27.4 Å². The molecule has 0 unspecified atom stereocenters. The average molecular weight is 247 g/mol. The molecule has 0 aliphatic carbocycles. The lowest BCUT2D eigenvalue weighted by molar-refractivity contribution is 0.0947. The van der Waals surface area contributed by atoms with E-state index in [1.54, 1.807) is 12.1 Å². The van der Waals surface area contributed by atoms with Gasteiger partial charge < -0.3 is 9.73 Å². The van der Waals surface area contributed by atoms with Crippen LogP contribution in [-0.4, -0.2) is 5.91 Å². The lowest BCUT2D eigenvalue weighted by atomic mass is 10.2. The summed E-state index contributed by atoms with van der Waals surface area (Å²) >= 11 is 0. The van der Waals surface area contributed by atoms with Crippen LogP contribution in [0.25, 0.3) is 0 Å². The number of amides is 1. The minimum absolute atomic E-state index is 0.0513. The third kappa shape index (κ3) is 2.59. The predicted octanol–water partition coefficient (Wildman–Crippen LogP) is 2.97. The summed E-state index contributed by atoms with van der Waals surface area (Å²) < 4.78 is 18.7. The molecule has 0 bridgehead atoms. The van der Waals surface area contributed by atoms with E-state index in [1.165, 1.54) is 12.1 Å². The Bertz CT molecular complexity index is 575. The maximum Gasteiger partial charge on any atom is 0.254 e. The molecule has 0 saturated heterocycles. The van der Waals surface area contributed by atoms with E-state index in [2.05, 4.69) is 5.32 Å². The monoisotopic (exact) mass is 247 g/mol. The zero-order chi connectivity index (χ0) is 13.1. The molecule has 0 saturated carbocycles. The molecule has 0 aliphatic rings. The van der Waals surface area contributed by atoms with Gasteiger partial charge in [0, 0.05) is 12.1 Å². The fourth-order valence-electron chi connectivity index (χ4n) is 1.78. The Kier molecular flexibility index (Phi) is 3.46. The molecule has 1 N–H and O–H groups in total. The molecule has 1 aromatic carbocycles. The first-order chi connectivity index (χ1) is 8.58. The van der Waals surface area contributed by atoms with Crippen LogP contribution in [0.3, 0.4) is 0 Å². The molecule has 0 aliphatic heterocycles. The van der Waals surface area contributed by atoms with Gasteiger partial charge in [-0.3, -0.25) is 4.79 Å². The van der Waals surface area contributed by atoms with Crippen molar-refractivity contribution in [3.8, 4) is 0 Å². The first kappa shape index (κ1) is 12.4. The van der Waals surface area contributed by atoms with Gasteiger partial charge in [-0.2, -0.15) is 0 Å². The minimum atomic E-state index is -0.518. The van der Waals surface area contributed by atoms with Crippen LogP contribution in [-0.2, 0) is 6.54 Å². The van der Waals surface area contributed by atoms with Crippen molar-refractivity contribution in [1.29, 1.82) is 0 Å². The maximum absolute atomic E-state index is 13.4. The number of carbonyl (C=O) groups excluding carboxylic acids is 1. The smallest absolute Gasteiger partial charge is 0.254 e. The third-order valence-electron chi connectivity index (χ3n) is 2.70. The fraction of sp³-hybridized carbons (Fsp3) is 0.214. The van der Waals surface area contributed by atoms with Gasteiger partial charge in [0.1, 0.15) is 17.3 Å². The van der Waals surface area contributed by atoms with Gasteiger partial charge >= 0.3 is 0 Å². The standard InChI is InChI=1S/C14H14FNO2/c1-9-7-11(10(2)18-9)8-16-14(17)12-5-3-4-6-13(12)15/h3-7H,8H2,1-2H3,(H,16,17). The largest absolute Gasteiger partial charge is 0.466 e. The summed E-state index contributed by atoms with van der Waals surface area (Å²) in [5.74, 6) is 0.616. The molecule has 4 heteroatoms. The van der Waals surface area contributed by atoms with Gasteiger partial charge in [0.25, 0.3) is 5.91 Å². The molecular formula is C14H14FNO2. The molecule has 0 fully saturated rings. The highest BCUT2D eigenvalue weighted by Crippen LogP contribution is 2.13. The highest BCUT2D eigenvalue weighted by atomic mass is 19.1. The van der Waals surface area contributed by atoms with Gasteiger partial charge in [0.15, 0.2) is 0 Å². The van der Waals surface area contributed by atoms with Crippen molar-refractivity contribution in [3.05, 3.63) is 58.8 Å². The van der Waals surface area contributed by atoms with E-state index in [0.29, 0.717) is 6.54 Å². The minimum Gasteiger partial charge on any atom is -0.466 e. The van der Waals surface area contributed by atoms with E-state index in [4.69, 9.17) is 4.42 Å². The van der Waals surface area contributed by atoms with Gasteiger partial charge in [-0.05, 0) is 32.0 Å². The van der Waals surface area contributed by atoms with E-state index in [-0.39, 0.29) is 5.56 Å². The third-order valence-corrected chi connectivity index (χ3v) is 2.70. The zero-order valence-corrected chi connectivity index (χ0v) is 10.3. The first-order valence-corrected chi connectivity index (χ1v) is 5.66. The number of hydrogen-bond acceptors (Lipinski definition) is 2. The van der Waals surface area contributed by atoms with Gasteiger partial charge in [-0.15, -0.1) is 0 Å². The molecule has 18 heavy (non-hydrogen) atoms. The molecule has 0 spiro atoms. The number of carbonyl (C=O) groups is 1. The van der Waals surface area contributed by atoms with E-state index < -0.39 is 11.7 Å². The molecule has 94 valence electrons. The van der Waals surface area contributed by atoms with Crippen LogP contribution < -0.4 is 5.32 Å². The second-order valence-corrected chi connectivity index (χ2v) is 4.10. The van der Waals surface area contributed by atoms with E-state index in [1.807, 2.05) is 19.9 Å². The lowest BCUT2D eigenvalue weighted by Crippen LogP contribution is -2.23. The summed E-state index contributed by atoms with van der Waals surface area (Å²) in [4.78, 5) is 11.8. The number of rotatable bonds is 3. The molecular weight excluding hydrogens is 233 g/mol. The Hall–Kier alpha value is -2.10. The Morgan fingerprint density at radius 2 is 2.06 bits per heavy atom. The lowest BCUT2D eigenvalue weighted by Gasteiger charge is -2.05. The molecule has 3 nitrogen and oxygen atoms in total. The normalized spacial score (nSPS) is 10.4. The van der Waals surface area contributed by atoms with E-state index >= 15 is 0 Å². The summed E-state index contributed by atoms with van der Waals surface area (Å²) in [7, 11) is 0. The van der Waals surface area contributed by atoms with E-state index in [9.17, 15) is 9.18 Å². The average Bonchev–Trinajstić information content (AvgIpc) is 2.65. The van der Waals surface area contributed by atoms with Gasteiger partial charge in [0.2, 0.25) is 0 Å². The second kappa shape index (κ2) is 5.04. The van der Waals surface area contributed by atoms with Crippen LogP contribution in [0.5, 0.6) is 0 Å². The van der Waals surface area contributed by atoms with Crippen molar-refractivity contribution >= 4 is 5.91 Å². The van der Waals surface area contributed by atoms with Crippen molar-refractivity contribution in [3.63, 3.8) is 0 Å². The molecule has 1 amide bonds. The summed E-state index contributed by atoms with van der Waals surface area (Å²) in [6.07, 6.45) is 0. The van der Waals surface area contributed by atoms with Gasteiger partial charge in [-0.1, -0.05) is 12.1 Å². The highest BCUT2D eigenvalue weighted by molar-refractivity contribution is 5.94.